The summed E-state index contributed by atoms with van der Waals surface area (Å²) >= 11 is 0. The molecule has 0 saturated heterocycles. The highest BCUT2D eigenvalue weighted by Crippen LogP contribution is 2.16. The minimum atomic E-state index is -0.334. The van der Waals surface area contributed by atoms with Crippen LogP contribution in [0.5, 0.6) is 11.5 Å². The maximum atomic E-state index is 12.0. The topological polar surface area (TPSA) is 84.9 Å². The van der Waals surface area contributed by atoms with Gasteiger partial charge in [0.25, 0.3) is 11.8 Å². The van der Waals surface area contributed by atoms with Crippen molar-refractivity contribution in [3.63, 3.8) is 0 Å². The summed E-state index contributed by atoms with van der Waals surface area (Å²) in [5, 5.41) is 2.70. The molecule has 0 aliphatic heterocycles. The van der Waals surface area contributed by atoms with Gasteiger partial charge in [0.2, 0.25) is 0 Å². The lowest BCUT2D eigenvalue weighted by Crippen LogP contribution is -2.27. The molecule has 2 aromatic rings. The highest BCUT2D eigenvalue weighted by molar-refractivity contribution is 5.94. The van der Waals surface area contributed by atoms with Crippen LogP contribution in [-0.2, 0) is 9.59 Å². The van der Waals surface area contributed by atoms with E-state index in [0.717, 1.165) is 0 Å². The molecular formula is C20H22N2O5. The number of Topliss-reactive ketones (excluding diaryl/α,β-unsaturated/α-hetero) is 1. The molecule has 7 heteroatoms. The first-order chi connectivity index (χ1) is 12.8. The zero-order chi connectivity index (χ0) is 19.8. The van der Waals surface area contributed by atoms with Crippen LogP contribution in [0.25, 0.3) is 0 Å². The molecule has 0 aliphatic carbocycles. The Bertz CT molecular complexity index is 815. The highest BCUT2D eigenvalue weighted by atomic mass is 16.5. The molecule has 2 amide bonds. The molecular weight excluding hydrogens is 348 g/mol. The van der Waals surface area contributed by atoms with Gasteiger partial charge in [0.05, 0.1) is 0 Å². The van der Waals surface area contributed by atoms with Gasteiger partial charge < -0.3 is 19.7 Å². The van der Waals surface area contributed by atoms with E-state index in [1.54, 1.807) is 62.6 Å². The van der Waals surface area contributed by atoms with Crippen LogP contribution in [0.4, 0.5) is 5.69 Å². The minimum Gasteiger partial charge on any atom is -0.484 e. The number of benzene rings is 2. The van der Waals surface area contributed by atoms with E-state index >= 15 is 0 Å². The van der Waals surface area contributed by atoms with Crippen LogP contribution in [0.15, 0.2) is 48.5 Å². The first kappa shape index (κ1) is 20.0. The molecule has 142 valence electrons. The number of carbonyl (C=O) groups excluding carboxylic acids is 3. The van der Waals surface area contributed by atoms with Crippen molar-refractivity contribution in [1.82, 2.24) is 4.90 Å². The summed E-state index contributed by atoms with van der Waals surface area (Å²) in [6, 6.07) is 13.3. The standard InChI is InChI=1S/C20H22N2O5/c1-14(23)15-5-4-6-18(11-15)26-12-19(24)21-16-7-9-17(10-8-16)27-13-20(25)22(2)3/h4-11H,12-13H2,1-3H3,(H,21,24). The molecule has 0 bridgehead atoms. The van der Waals surface area contributed by atoms with Crippen LogP contribution in [0.1, 0.15) is 17.3 Å². The van der Waals surface area contributed by atoms with Crippen molar-refractivity contribution in [2.45, 2.75) is 6.92 Å². The Labute approximate surface area is 157 Å². The number of likely N-dealkylation sites (N-methyl/N-ethyl adjacent to an activating group) is 1. The van der Waals surface area contributed by atoms with E-state index in [-0.39, 0.29) is 30.8 Å². The largest absolute Gasteiger partial charge is 0.484 e. The molecule has 1 N–H and O–H groups in total. The lowest BCUT2D eigenvalue weighted by Gasteiger charge is -2.12. The number of anilines is 1. The van der Waals surface area contributed by atoms with Crippen molar-refractivity contribution in [2.75, 3.05) is 32.6 Å². The first-order valence-corrected chi connectivity index (χ1v) is 8.32. The lowest BCUT2D eigenvalue weighted by molar-refractivity contribution is -0.130. The van der Waals surface area contributed by atoms with Crippen LogP contribution in [0.2, 0.25) is 0 Å². The van der Waals surface area contributed by atoms with E-state index in [1.807, 2.05) is 0 Å². The number of nitrogens with zero attached hydrogens (tertiary/aromatic N) is 1. The van der Waals surface area contributed by atoms with Gasteiger partial charge in [-0.15, -0.1) is 0 Å². The predicted octanol–water partition coefficient (Wildman–Crippen LogP) is 2.37. The predicted molar refractivity (Wildman–Crippen MR) is 101 cm³/mol. The van der Waals surface area contributed by atoms with Crippen molar-refractivity contribution < 1.29 is 23.9 Å². The number of nitrogens with one attached hydrogen (secondary N) is 1. The second kappa shape index (κ2) is 9.38. The molecule has 0 fully saturated rings. The maximum Gasteiger partial charge on any atom is 0.262 e. The fourth-order valence-electron chi connectivity index (χ4n) is 2.06. The van der Waals surface area contributed by atoms with Crippen LogP contribution in [-0.4, -0.2) is 49.8 Å². The van der Waals surface area contributed by atoms with Crippen molar-refractivity contribution in [3.8, 4) is 11.5 Å². The van der Waals surface area contributed by atoms with Crippen molar-refractivity contribution in [2.24, 2.45) is 0 Å². The van der Waals surface area contributed by atoms with Crippen molar-refractivity contribution >= 4 is 23.3 Å². The summed E-state index contributed by atoms with van der Waals surface area (Å²) in [6.45, 7) is 1.23. The van der Waals surface area contributed by atoms with E-state index in [1.165, 1.54) is 11.8 Å². The summed E-state index contributed by atoms with van der Waals surface area (Å²) in [7, 11) is 3.31. The minimum absolute atomic E-state index is 0.0497. The Kier molecular flexibility index (Phi) is 6.93. The zero-order valence-electron chi connectivity index (χ0n) is 15.5. The van der Waals surface area contributed by atoms with E-state index < -0.39 is 0 Å². The normalized spacial score (nSPS) is 10.0. The monoisotopic (exact) mass is 370 g/mol. The van der Waals surface area contributed by atoms with Gasteiger partial charge in [0.15, 0.2) is 19.0 Å². The molecule has 0 aromatic heterocycles. The summed E-state index contributed by atoms with van der Waals surface area (Å²) < 4.78 is 10.8. The number of carbonyl (C=O) groups is 3. The third kappa shape index (κ3) is 6.47. The summed E-state index contributed by atoms with van der Waals surface area (Å²) in [4.78, 5) is 36.3. The lowest BCUT2D eigenvalue weighted by atomic mass is 10.1. The van der Waals surface area contributed by atoms with Gasteiger partial charge in [-0.25, -0.2) is 0 Å². The highest BCUT2D eigenvalue weighted by Gasteiger charge is 2.07. The average molecular weight is 370 g/mol. The number of amides is 2. The second-order valence-corrected chi connectivity index (χ2v) is 6.02. The third-order valence-electron chi connectivity index (χ3n) is 3.61. The molecule has 7 nitrogen and oxygen atoms in total. The maximum absolute atomic E-state index is 12.0. The first-order valence-electron chi connectivity index (χ1n) is 8.32. The van der Waals surface area contributed by atoms with Crippen molar-refractivity contribution in [3.05, 3.63) is 54.1 Å². The van der Waals surface area contributed by atoms with Gasteiger partial charge in [-0.3, -0.25) is 14.4 Å². The number of hydrogen-bond acceptors (Lipinski definition) is 5. The number of rotatable bonds is 8. The second-order valence-electron chi connectivity index (χ2n) is 6.02. The molecule has 2 rings (SSSR count). The van der Waals surface area contributed by atoms with E-state index in [4.69, 9.17) is 9.47 Å². The molecule has 0 spiro atoms. The SMILES string of the molecule is CC(=O)c1cccc(OCC(=O)Nc2ccc(OCC(=O)N(C)C)cc2)c1. The summed E-state index contributed by atoms with van der Waals surface area (Å²) in [5.74, 6) is 0.435. The average Bonchev–Trinajstić information content (AvgIpc) is 2.65. The Morgan fingerprint density at radius 2 is 1.59 bits per heavy atom. The van der Waals surface area contributed by atoms with Crippen molar-refractivity contribution in [1.29, 1.82) is 0 Å². The Balaban J connectivity index is 1.82. The van der Waals surface area contributed by atoms with E-state index in [2.05, 4.69) is 5.32 Å². The number of ether oxygens (including phenoxy) is 2. The zero-order valence-corrected chi connectivity index (χ0v) is 15.5. The fraction of sp³-hybridized carbons (Fsp3) is 0.250. The quantitative estimate of drug-likeness (QED) is 0.721. The molecule has 0 saturated carbocycles. The third-order valence-corrected chi connectivity index (χ3v) is 3.61. The molecule has 2 aromatic carbocycles. The molecule has 27 heavy (non-hydrogen) atoms. The van der Waals surface area contributed by atoms with Gasteiger partial charge >= 0.3 is 0 Å². The smallest absolute Gasteiger partial charge is 0.262 e. The molecule has 0 unspecified atom stereocenters. The van der Waals surface area contributed by atoms with Crippen LogP contribution >= 0.6 is 0 Å². The van der Waals surface area contributed by atoms with Gasteiger partial charge in [-0.1, -0.05) is 12.1 Å². The van der Waals surface area contributed by atoms with Crippen LogP contribution in [0, 0.1) is 0 Å². The van der Waals surface area contributed by atoms with E-state index in [9.17, 15) is 14.4 Å². The van der Waals surface area contributed by atoms with Gasteiger partial charge in [0.1, 0.15) is 11.5 Å². The van der Waals surface area contributed by atoms with Gasteiger partial charge in [-0.2, -0.15) is 0 Å². The summed E-state index contributed by atoms with van der Waals surface area (Å²) in [6.07, 6.45) is 0. The number of ketones is 1. The van der Waals surface area contributed by atoms with Gasteiger partial charge in [-0.05, 0) is 43.3 Å². The number of hydrogen-bond donors (Lipinski definition) is 1. The summed E-state index contributed by atoms with van der Waals surface area (Å²) in [5.41, 5.74) is 1.10. The Hall–Kier alpha value is -3.35. The molecule has 0 atom stereocenters. The van der Waals surface area contributed by atoms with Crippen LogP contribution < -0.4 is 14.8 Å². The fourth-order valence-corrected chi connectivity index (χ4v) is 2.06. The van der Waals surface area contributed by atoms with Gasteiger partial charge in [0, 0.05) is 25.3 Å². The molecule has 0 aliphatic rings. The Morgan fingerprint density at radius 3 is 2.22 bits per heavy atom. The Morgan fingerprint density at radius 1 is 0.926 bits per heavy atom. The molecule has 0 radical (unpaired) electrons. The van der Waals surface area contributed by atoms with Crippen LogP contribution in [0.3, 0.4) is 0 Å². The van der Waals surface area contributed by atoms with E-state index in [0.29, 0.717) is 22.7 Å². The molecule has 0 heterocycles.